The van der Waals surface area contributed by atoms with Crippen LogP contribution in [0.15, 0.2) is 42.7 Å². The van der Waals surface area contributed by atoms with Crippen LogP contribution in [-0.4, -0.2) is 41.3 Å². The number of thiophene rings is 1. The maximum absolute atomic E-state index is 13.8. The Morgan fingerprint density at radius 2 is 2.00 bits per heavy atom. The summed E-state index contributed by atoms with van der Waals surface area (Å²) >= 11 is 1.47. The monoisotopic (exact) mass is 453 g/mol. The number of unbranched alkanes of at least 4 members (excludes halogenated alkanes) is 1. The number of halogens is 1. The molecular weight excluding hydrogens is 425 g/mol. The van der Waals surface area contributed by atoms with Gasteiger partial charge in [-0.25, -0.2) is 4.39 Å². The van der Waals surface area contributed by atoms with Gasteiger partial charge in [-0.2, -0.15) is 0 Å². The molecule has 0 spiro atoms. The average molecular weight is 454 g/mol. The van der Waals surface area contributed by atoms with Crippen molar-refractivity contribution in [1.29, 1.82) is 0 Å². The summed E-state index contributed by atoms with van der Waals surface area (Å²) in [5.41, 5.74) is 0.981. The quantitative estimate of drug-likeness (QED) is 0.501. The van der Waals surface area contributed by atoms with Crippen molar-refractivity contribution < 1.29 is 14.0 Å². The highest BCUT2D eigenvalue weighted by Crippen LogP contribution is 2.25. The summed E-state index contributed by atoms with van der Waals surface area (Å²) < 4.78 is 14.8. The lowest BCUT2D eigenvalue weighted by Gasteiger charge is -2.32. The van der Waals surface area contributed by atoms with Gasteiger partial charge >= 0.3 is 0 Å². The van der Waals surface area contributed by atoms with Crippen LogP contribution in [0.2, 0.25) is 0 Å². The van der Waals surface area contributed by atoms with Crippen LogP contribution in [0.3, 0.4) is 0 Å². The van der Waals surface area contributed by atoms with Crippen LogP contribution in [-0.2, 0) is 0 Å². The van der Waals surface area contributed by atoms with Gasteiger partial charge < -0.3 is 10.2 Å². The van der Waals surface area contributed by atoms with E-state index in [9.17, 15) is 14.0 Å². The third-order valence-corrected chi connectivity index (χ3v) is 7.28. The normalized spacial score (nSPS) is 14.6. The predicted octanol–water partition coefficient (Wildman–Crippen LogP) is 5.20. The zero-order valence-electron chi connectivity index (χ0n) is 18.3. The van der Waals surface area contributed by atoms with Crippen LogP contribution in [0.5, 0.6) is 0 Å². The van der Waals surface area contributed by atoms with Gasteiger partial charge in [0, 0.05) is 37.6 Å². The van der Waals surface area contributed by atoms with E-state index < -0.39 is 0 Å². The molecule has 1 aliphatic heterocycles. The molecule has 2 aromatic heterocycles. The molecule has 1 aliphatic rings. The third-order valence-electron chi connectivity index (χ3n) is 6.19. The minimum absolute atomic E-state index is 0.0226. The summed E-state index contributed by atoms with van der Waals surface area (Å²) in [5.74, 6) is 0.162. The van der Waals surface area contributed by atoms with Crippen LogP contribution in [0.1, 0.15) is 57.7 Å². The summed E-state index contributed by atoms with van der Waals surface area (Å²) in [6, 6.07) is 8.54. The van der Waals surface area contributed by atoms with E-state index >= 15 is 0 Å². The largest absolute Gasteiger partial charge is 0.351 e. The molecule has 1 aromatic carbocycles. The van der Waals surface area contributed by atoms with Crippen LogP contribution in [0.4, 0.5) is 4.39 Å². The molecule has 1 saturated heterocycles. The molecule has 2 amide bonds. The van der Waals surface area contributed by atoms with Gasteiger partial charge in [-0.05, 0) is 67.3 Å². The van der Waals surface area contributed by atoms with Crippen molar-refractivity contribution in [3.05, 3.63) is 64.5 Å². The highest BCUT2D eigenvalue weighted by molar-refractivity contribution is 7.20. The minimum atomic E-state index is -0.331. The van der Waals surface area contributed by atoms with Gasteiger partial charge in [0.2, 0.25) is 0 Å². The molecule has 0 bridgehead atoms. The number of fused-ring (bicyclic) bond motifs is 1. The Balaban J connectivity index is 1.14. The van der Waals surface area contributed by atoms with Crippen molar-refractivity contribution in [2.75, 3.05) is 19.6 Å². The van der Waals surface area contributed by atoms with Crippen molar-refractivity contribution >= 4 is 33.2 Å². The second-order valence-corrected chi connectivity index (χ2v) is 9.56. The fourth-order valence-corrected chi connectivity index (χ4v) is 5.12. The first-order chi connectivity index (χ1) is 15.5. The number of carbonyl (C=O) groups excluding carboxylic acids is 2. The Hall–Kier alpha value is -2.80. The number of piperidine rings is 1. The van der Waals surface area contributed by atoms with Gasteiger partial charge in [0.1, 0.15) is 5.82 Å². The highest BCUT2D eigenvalue weighted by atomic mass is 32.1. The number of hydrogen-bond acceptors (Lipinski definition) is 4. The van der Waals surface area contributed by atoms with Crippen LogP contribution in [0, 0.1) is 18.7 Å². The average Bonchev–Trinajstić information content (AvgIpc) is 3.25. The molecule has 32 heavy (non-hydrogen) atoms. The van der Waals surface area contributed by atoms with Gasteiger partial charge in [-0.15, -0.1) is 11.3 Å². The minimum Gasteiger partial charge on any atom is -0.351 e. The smallest absolute Gasteiger partial charge is 0.261 e. The molecule has 0 aliphatic carbocycles. The molecule has 3 heterocycles. The number of pyridine rings is 1. The van der Waals surface area contributed by atoms with Crippen molar-refractivity contribution in [2.24, 2.45) is 5.92 Å². The highest BCUT2D eigenvalue weighted by Gasteiger charge is 2.23. The SMILES string of the molecule is Cc1ccc(C(=O)N2CCC(CCCCNC(=O)c3cc4ccncc4s3)CC2)cc1F. The Morgan fingerprint density at radius 3 is 2.75 bits per heavy atom. The molecule has 168 valence electrons. The van der Waals surface area contributed by atoms with E-state index in [-0.39, 0.29) is 17.6 Å². The van der Waals surface area contributed by atoms with Crippen LogP contribution in [0.25, 0.3) is 10.1 Å². The molecule has 0 atom stereocenters. The van der Waals surface area contributed by atoms with Gasteiger partial charge in [0.25, 0.3) is 11.8 Å². The van der Waals surface area contributed by atoms with E-state index in [2.05, 4.69) is 10.3 Å². The van der Waals surface area contributed by atoms with E-state index in [0.717, 1.165) is 60.2 Å². The number of rotatable bonds is 7. The van der Waals surface area contributed by atoms with Crippen molar-refractivity contribution in [2.45, 2.75) is 39.0 Å². The molecule has 0 saturated carbocycles. The Kier molecular flexibility index (Phi) is 7.15. The number of benzene rings is 1. The molecule has 5 nitrogen and oxygen atoms in total. The van der Waals surface area contributed by atoms with Gasteiger partial charge in [0.15, 0.2) is 0 Å². The predicted molar refractivity (Wildman–Crippen MR) is 126 cm³/mol. The summed E-state index contributed by atoms with van der Waals surface area (Å²) in [6.07, 6.45) is 8.57. The molecule has 3 aromatic rings. The lowest BCUT2D eigenvalue weighted by molar-refractivity contribution is 0.0685. The third kappa shape index (κ3) is 5.33. The fourth-order valence-electron chi connectivity index (χ4n) is 4.18. The Morgan fingerprint density at radius 1 is 1.19 bits per heavy atom. The zero-order chi connectivity index (χ0) is 22.5. The van der Waals surface area contributed by atoms with Gasteiger partial charge in [-0.1, -0.05) is 18.9 Å². The first kappa shape index (κ1) is 22.4. The maximum Gasteiger partial charge on any atom is 0.261 e. The molecule has 4 rings (SSSR count). The van der Waals surface area contributed by atoms with E-state index in [1.54, 1.807) is 31.5 Å². The number of likely N-dealkylation sites (tertiary alicyclic amines) is 1. The molecule has 1 fully saturated rings. The molecule has 7 heteroatoms. The molecule has 0 radical (unpaired) electrons. The fraction of sp³-hybridized carbons (Fsp3) is 0.400. The van der Waals surface area contributed by atoms with Crippen molar-refractivity contribution in [3.8, 4) is 0 Å². The number of aryl methyl sites for hydroxylation is 1. The maximum atomic E-state index is 13.8. The number of aromatic nitrogens is 1. The summed E-state index contributed by atoms with van der Waals surface area (Å²) in [5, 5.41) is 4.06. The summed E-state index contributed by atoms with van der Waals surface area (Å²) in [4.78, 5) is 31.6. The second-order valence-electron chi connectivity index (χ2n) is 8.48. The number of amides is 2. The van der Waals surface area contributed by atoms with Gasteiger partial charge in [0.05, 0.1) is 9.58 Å². The Labute approximate surface area is 191 Å². The Bertz CT molecular complexity index is 1070. The summed E-state index contributed by atoms with van der Waals surface area (Å²) in [7, 11) is 0. The van der Waals surface area contributed by atoms with E-state index in [1.807, 2.05) is 17.0 Å². The van der Waals surface area contributed by atoms with Crippen LogP contribution >= 0.6 is 11.3 Å². The van der Waals surface area contributed by atoms with E-state index in [1.165, 1.54) is 17.4 Å². The first-order valence-corrected chi connectivity index (χ1v) is 12.0. The molecule has 0 unspecified atom stereocenters. The number of nitrogens with zero attached hydrogens (tertiary/aromatic N) is 2. The first-order valence-electron chi connectivity index (χ1n) is 11.2. The lowest BCUT2D eigenvalue weighted by atomic mass is 9.91. The molecular formula is C25H28FN3O2S. The number of hydrogen-bond donors (Lipinski definition) is 1. The standard InChI is InChI=1S/C25H28FN3O2S/c1-17-5-6-20(14-21(17)26)25(31)29-12-8-18(9-13-29)4-2-3-10-28-24(30)22-15-19-7-11-27-16-23(19)32-22/h5-7,11,14-16,18H,2-4,8-10,12-13H2,1H3,(H,28,30). The number of nitrogens with one attached hydrogen (secondary N) is 1. The van der Waals surface area contributed by atoms with Crippen molar-refractivity contribution in [1.82, 2.24) is 15.2 Å². The summed E-state index contributed by atoms with van der Waals surface area (Å²) in [6.45, 7) is 3.80. The van der Waals surface area contributed by atoms with Crippen molar-refractivity contribution in [3.63, 3.8) is 0 Å². The van der Waals surface area contributed by atoms with E-state index in [4.69, 9.17) is 0 Å². The second kappa shape index (κ2) is 10.2. The number of carbonyl (C=O) groups is 2. The lowest BCUT2D eigenvalue weighted by Crippen LogP contribution is -2.38. The van der Waals surface area contributed by atoms with E-state index in [0.29, 0.717) is 23.6 Å². The zero-order valence-corrected chi connectivity index (χ0v) is 19.1. The topological polar surface area (TPSA) is 62.3 Å². The molecule has 1 N–H and O–H groups in total. The van der Waals surface area contributed by atoms with Crippen LogP contribution < -0.4 is 5.32 Å². The van der Waals surface area contributed by atoms with Gasteiger partial charge in [-0.3, -0.25) is 14.6 Å².